The van der Waals surface area contributed by atoms with E-state index in [1.54, 1.807) is 6.07 Å². The lowest BCUT2D eigenvalue weighted by molar-refractivity contribution is -0.384. The highest BCUT2D eigenvalue weighted by atomic mass is 35.5. The lowest BCUT2D eigenvalue weighted by Gasteiger charge is -2.12. The van der Waals surface area contributed by atoms with Crippen molar-refractivity contribution in [2.75, 3.05) is 6.61 Å². The van der Waals surface area contributed by atoms with E-state index < -0.39 is 29.0 Å². The SMILES string of the molecule is O=C(COc1ccc(Cl)cc1Cl)NC(=S)NNC(=O)c1ccc(Cl)c([N+](=O)[O-])c1. The number of carbonyl (C=O) groups excluding carboxylic acids is 2. The highest BCUT2D eigenvalue weighted by Crippen LogP contribution is 2.27. The van der Waals surface area contributed by atoms with Gasteiger partial charge >= 0.3 is 0 Å². The van der Waals surface area contributed by atoms with Crippen LogP contribution < -0.4 is 20.9 Å². The maximum absolute atomic E-state index is 12.0. The number of halogens is 3. The fourth-order valence-electron chi connectivity index (χ4n) is 1.91. The molecule has 152 valence electrons. The second kappa shape index (κ2) is 10.2. The van der Waals surface area contributed by atoms with Crippen molar-refractivity contribution in [1.82, 2.24) is 16.2 Å². The van der Waals surface area contributed by atoms with E-state index in [-0.39, 0.29) is 26.5 Å². The molecule has 0 heterocycles. The van der Waals surface area contributed by atoms with Crippen molar-refractivity contribution in [2.24, 2.45) is 0 Å². The number of hydrogen-bond donors (Lipinski definition) is 3. The molecule has 0 radical (unpaired) electrons. The maximum atomic E-state index is 12.0. The Kier molecular flexibility index (Phi) is 7.97. The first-order valence-corrected chi connectivity index (χ1v) is 9.13. The van der Waals surface area contributed by atoms with Gasteiger partial charge in [-0.25, -0.2) is 0 Å². The minimum absolute atomic E-state index is 0.0385. The summed E-state index contributed by atoms with van der Waals surface area (Å²) in [6.45, 7) is -0.402. The van der Waals surface area contributed by atoms with Crippen LogP contribution in [0.4, 0.5) is 5.69 Å². The average Bonchev–Trinajstić information content (AvgIpc) is 2.65. The molecule has 13 heteroatoms. The van der Waals surface area contributed by atoms with Crippen LogP contribution in [0.15, 0.2) is 36.4 Å². The lowest BCUT2D eigenvalue weighted by atomic mass is 10.2. The van der Waals surface area contributed by atoms with Gasteiger partial charge in [-0.1, -0.05) is 34.8 Å². The molecule has 2 rings (SSSR count). The summed E-state index contributed by atoms with van der Waals surface area (Å²) in [6, 6.07) is 8.01. The number of hydrazine groups is 1. The normalized spacial score (nSPS) is 10.0. The van der Waals surface area contributed by atoms with E-state index in [1.165, 1.54) is 24.3 Å². The van der Waals surface area contributed by atoms with Crippen LogP contribution in [-0.2, 0) is 4.79 Å². The average molecular weight is 478 g/mol. The van der Waals surface area contributed by atoms with Crippen LogP contribution in [0, 0.1) is 10.1 Å². The number of amides is 2. The summed E-state index contributed by atoms with van der Waals surface area (Å²) in [7, 11) is 0. The summed E-state index contributed by atoms with van der Waals surface area (Å²) in [5.74, 6) is -1.10. The zero-order chi connectivity index (χ0) is 21.6. The summed E-state index contributed by atoms with van der Waals surface area (Å²) in [5.41, 5.74) is 4.02. The van der Waals surface area contributed by atoms with Gasteiger partial charge in [0.05, 0.1) is 9.95 Å². The second-order valence-electron chi connectivity index (χ2n) is 5.24. The molecule has 0 fully saturated rings. The third-order valence-electron chi connectivity index (χ3n) is 3.20. The number of benzene rings is 2. The van der Waals surface area contributed by atoms with Gasteiger partial charge < -0.3 is 4.74 Å². The van der Waals surface area contributed by atoms with Gasteiger partial charge in [0.2, 0.25) is 0 Å². The Hall–Kier alpha value is -2.66. The molecule has 0 bridgehead atoms. The van der Waals surface area contributed by atoms with Crippen molar-refractivity contribution in [1.29, 1.82) is 0 Å². The molecule has 0 unspecified atom stereocenters. The van der Waals surface area contributed by atoms with Gasteiger partial charge in [0.1, 0.15) is 10.8 Å². The van der Waals surface area contributed by atoms with Crippen molar-refractivity contribution in [3.05, 3.63) is 67.1 Å². The molecule has 0 spiro atoms. The molecule has 0 atom stereocenters. The second-order valence-corrected chi connectivity index (χ2v) is 6.90. The molecule has 2 aromatic carbocycles. The maximum Gasteiger partial charge on any atom is 0.288 e. The Bertz CT molecular complexity index is 989. The van der Waals surface area contributed by atoms with Crippen LogP contribution in [0.25, 0.3) is 0 Å². The van der Waals surface area contributed by atoms with Crippen molar-refractivity contribution >= 4 is 69.6 Å². The first kappa shape index (κ1) is 22.6. The third-order valence-corrected chi connectivity index (χ3v) is 4.25. The van der Waals surface area contributed by atoms with Gasteiger partial charge in [0.15, 0.2) is 11.7 Å². The van der Waals surface area contributed by atoms with Crippen LogP contribution in [0.5, 0.6) is 5.75 Å². The smallest absolute Gasteiger partial charge is 0.288 e. The number of ether oxygens (including phenoxy) is 1. The fraction of sp³-hybridized carbons (Fsp3) is 0.0625. The van der Waals surface area contributed by atoms with Gasteiger partial charge in [-0.2, -0.15) is 0 Å². The molecular formula is C16H11Cl3N4O5S. The van der Waals surface area contributed by atoms with Gasteiger partial charge in [0, 0.05) is 16.7 Å². The molecule has 2 amide bonds. The molecule has 0 aromatic heterocycles. The van der Waals surface area contributed by atoms with E-state index in [0.717, 1.165) is 6.07 Å². The van der Waals surface area contributed by atoms with E-state index in [2.05, 4.69) is 16.2 Å². The minimum Gasteiger partial charge on any atom is -0.482 e. The highest BCUT2D eigenvalue weighted by molar-refractivity contribution is 7.80. The third kappa shape index (κ3) is 6.71. The molecule has 9 nitrogen and oxygen atoms in total. The monoisotopic (exact) mass is 476 g/mol. The van der Waals surface area contributed by atoms with E-state index in [4.69, 9.17) is 51.8 Å². The first-order valence-electron chi connectivity index (χ1n) is 7.59. The van der Waals surface area contributed by atoms with Crippen molar-refractivity contribution in [3.63, 3.8) is 0 Å². The number of nitro benzene ring substituents is 1. The quantitative estimate of drug-likeness (QED) is 0.343. The number of nitrogens with zero attached hydrogens (tertiary/aromatic N) is 1. The number of nitro groups is 1. The van der Waals surface area contributed by atoms with Gasteiger partial charge in [0.25, 0.3) is 17.5 Å². The molecule has 29 heavy (non-hydrogen) atoms. The van der Waals surface area contributed by atoms with Crippen LogP contribution in [0.2, 0.25) is 15.1 Å². The van der Waals surface area contributed by atoms with Crippen molar-refractivity contribution < 1.29 is 19.2 Å². The van der Waals surface area contributed by atoms with E-state index in [9.17, 15) is 19.7 Å². The Labute approximate surface area is 184 Å². The van der Waals surface area contributed by atoms with E-state index in [0.29, 0.717) is 5.02 Å². The Morgan fingerprint density at radius 2 is 1.79 bits per heavy atom. The predicted molar refractivity (Wildman–Crippen MR) is 111 cm³/mol. The summed E-state index contributed by atoms with van der Waals surface area (Å²) < 4.78 is 5.24. The van der Waals surface area contributed by atoms with Gasteiger partial charge in [-0.3, -0.25) is 35.9 Å². The predicted octanol–water partition coefficient (Wildman–Crippen LogP) is 3.27. The van der Waals surface area contributed by atoms with Crippen LogP contribution in [0.1, 0.15) is 10.4 Å². The molecule has 0 aliphatic rings. The Morgan fingerprint density at radius 3 is 2.45 bits per heavy atom. The van der Waals surface area contributed by atoms with Crippen LogP contribution >= 0.6 is 47.0 Å². The first-order chi connectivity index (χ1) is 13.7. The van der Waals surface area contributed by atoms with E-state index in [1.807, 2.05) is 0 Å². The molecule has 0 aliphatic carbocycles. The summed E-state index contributed by atoms with van der Waals surface area (Å²) >= 11 is 22.3. The number of carbonyl (C=O) groups is 2. The largest absolute Gasteiger partial charge is 0.482 e. The number of nitrogens with one attached hydrogen (secondary N) is 3. The summed E-state index contributed by atoms with van der Waals surface area (Å²) in [4.78, 5) is 34.0. The fourth-order valence-corrected chi connectivity index (χ4v) is 2.72. The molecule has 0 saturated heterocycles. The van der Waals surface area contributed by atoms with Gasteiger partial charge in [-0.05, 0) is 42.5 Å². The lowest BCUT2D eigenvalue weighted by Crippen LogP contribution is -2.49. The number of thiocarbonyl (C=S) groups is 1. The Balaban J connectivity index is 1.83. The molecule has 2 aromatic rings. The van der Waals surface area contributed by atoms with Crippen molar-refractivity contribution in [2.45, 2.75) is 0 Å². The molecule has 3 N–H and O–H groups in total. The molecule has 0 saturated carbocycles. The van der Waals surface area contributed by atoms with Gasteiger partial charge in [-0.15, -0.1) is 0 Å². The number of hydrogen-bond acceptors (Lipinski definition) is 6. The standard InChI is InChI=1S/C16H11Cl3N4O5S/c17-9-2-4-13(11(19)6-9)28-7-14(24)20-16(29)22-21-15(25)8-1-3-10(18)12(5-8)23(26)27/h1-6H,7H2,(H,21,25)(H2,20,22,24,29). The highest BCUT2D eigenvalue weighted by Gasteiger charge is 2.16. The number of rotatable bonds is 5. The Morgan fingerprint density at radius 1 is 1.07 bits per heavy atom. The minimum atomic E-state index is -0.731. The zero-order valence-corrected chi connectivity index (χ0v) is 17.3. The van der Waals surface area contributed by atoms with E-state index >= 15 is 0 Å². The summed E-state index contributed by atoms with van der Waals surface area (Å²) in [5, 5.41) is 13.4. The van der Waals surface area contributed by atoms with Crippen molar-refractivity contribution in [3.8, 4) is 5.75 Å². The topological polar surface area (TPSA) is 123 Å². The summed E-state index contributed by atoms with van der Waals surface area (Å²) in [6.07, 6.45) is 0. The zero-order valence-electron chi connectivity index (χ0n) is 14.2. The molecular weight excluding hydrogens is 467 g/mol. The van der Waals surface area contributed by atoms with Crippen LogP contribution in [0.3, 0.4) is 0 Å². The van der Waals surface area contributed by atoms with Crippen LogP contribution in [-0.4, -0.2) is 28.5 Å². The molecule has 0 aliphatic heterocycles.